The van der Waals surface area contributed by atoms with Crippen LogP contribution in [0.3, 0.4) is 0 Å². The van der Waals surface area contributed by atoms with Gasteiger partial charge in [-0.05, 0) is 119 Å². The number of carbonyl (C=O) groups excluding carboxylic acids is 2. The van der Waals surface area contributed by atoms with Crippen molar-refractivity contribution in [3.8, 4) is 0 Å². The van der Waals surface area contributed by atoms with E-state index >= 15 is 0 Å². The third kappa shape index (κ3) is 8.17. The van der Waals surface area contributed by atoms with Crippen LogP contribution in [0, 0.1) is 17.0 Å². The smallest absolute Gasteiger partial charge is 0.318 e. The number of allylic oxidation sites excluding steroid dienone is 2. The van der Waals surface area contributed by atoms with Gasteiger partial charge in [0.05, 0.1) is 30.4 Å². The lowest BCUT2D eigenvalue weighted by molar-refractivity contribution is -0.0808. The minimum absolute atomic E-state index is 0.0273. The van der Waals surface area contributed by atoms with Crippen molar-refractivity contribution >= 4 is 11.8 Å². The highest BCUT2D eigenvalue weighted by atomic mass is 19.2. The van der Waals surface area contributed by atoms with E-state index in [0.29, 0.717) is 63.7 Å². The number of rotatable bonds is 8. The molecule has 1 aliphatic heterocycles. The van der Waals surface area contributed by atoms with Crippen LogP contribution in [-0.4, -0.2) is 64.4 Å². The number of carbonyl (C=O) groups is 2. The molecule has 3 aromatic carbocycles. The SMILES string of the molecule is CC1=CCC[C@@]2(C)[C@@H](CC[C@@]2(O)CN(C[C@H]2CCCO2)C(=O)N[C@H](C)c2ccccc2)c2ccc(cc2C(=O)c2ccc(F)c(F)c2)C[C@@H](O)CC1. The van der Waals surface area contributed by atoms with Crippen molar-refractivity contribution in [2.75, 3.05) is 19.7 Å². The van der Waals surface area contributed by atoms with Crippen molar-refractivity contribution in [1.82, 2.24) is 10.2 Å². The van der Waals surface area contributed by atoms with Crippen LogP contribution < -0.4 is 5.32 Å². The maximum atomic E-state index is 14.4. The zero-order chi connectivity index (χ0) is 37.0. The summed E-state index contributed by atoms with van der Waals surface area (Å²) in [4.78, 5) is 30.1. The molecule has 3 aromatic rings. The molecule has 7 rings (SSSR count). The number of halogens is 2. The largest absolute Gasteiger partial charge is 0.393 e. The number of ketones is 1. The van der Waals surface area contributed by atoms with E-state index in [-0.39, 0.29) is 36.2 Å². The van der Waals surface area contributed by atoms with Crippen LogP contribution in [0.2, 0.25) is 0 Å². The molecule has 1 saturated carbocycles. The van der Waals surface area contributed by atoms with E-state index in [1.807, 2.05) is 49.4 Å². The number of hydrogen-bond donors (Lipinski definition) is 3. The molecular weight excluding hydrogens is 662 g/mol. The molecule has 278 valence electrons. The second-order valence-electron chi connectivity index (χ2n) is 15.5. The highest BCUT2D eigenvalue weighted by molar-refractivity contribution is 6.10. The molecule has 2 fully saturated rings. The first-order valence-electron chi connectivity index (χ1n) is 18.8. The number of fused-ring (bicyclic) bond motifs is 8. The first-order valence-corrected chi connectivity index (χ1v) is 18.8. The number of aliphatic hydroxyl groups is 2. The van der Waals surface area contributed by atoms with Gasteiger partial charge >= 0.3 is 6.03 Å². The van der Waals surface area contributed by atoms with E-state index in [0.717, 1.165) is 47.2 Å². The Bertz CT molecular complexity index is 1780. The predicted octanol–water partition coefficient (Wildman–Crippen LogP) is 8.19. The van der Waals surface area contributed by atoms with Crippen molar-refractivity contribution in [3.05, 3.63) is 118 Å². The van der Waals surface area contributed by atoms with Gasteiger partial charge in [0.1, 0.15) is 0 Å². The minimum atomic E-state index is -1.33. The van der Waals surface area contributed by atoms with Gasteiger partial charge in [-0.3, -0.25) is 4.79 Å². The van der Waals surface area contributed by atoms with E-state index in [1.54, 1.807) is 11.0 Å². The van der Waals surface area contributed by atoms with Gasteiger partial charge in [-0.25, -0.2) is 13.6 Å². The number of urea groups is 1. The Balaban J connectivity index is 1.39. The van der Waals surface area contributed by atoms with E-state index < -0.39 is 34.5 Å². The maximum absolute atomic E-state index is 14.4. The second kappa shape index (κ2) is 16.0. The quantitative estimate of drug-likeness (QED) is 0.162. The molecule has 7 nitrogen and oxygen atoms in total. The molecule has 2 bridgehead atoms. The fourth-order valence-corrected chi connectivity index (χ4v) is 8.66. The zero-order valence-electron chi connectivity index (χ0n) is 30.5. The molecule has 9 heteroatoms. The van der Waals surface area contributed by atoms with Crippen molar-refractivity contribution in [2.24, 2.45) is 5.41 Å². The summed E-state index contributed by atoms with van der Waals surface area (Å²) >= 11 is 0. The Kier molecular flexibility index (Phi) is 11.6. The highest BCUT2D eigenvalue weighted by Gasteiger charge is 2.58. The molecular formula is C43H52F2N2O5. The number of amides is 2. The predicted molar refractivity (Wildman–Crippen MR) is 197 cm³/mol. The summed E-state index contributed by atoms with van der Waals surface area (Å²) in [6.45, 7) is 7.13. The number of nitrogens with one attached hydrogen (secondary N) is 1. The van der Waals surface area contributed by atoms with Gasteiger partial charge in [-0.2, -0.15) is 0 Å². The molecule has 4 aliphatic rings. The standard InChI is InChI=1S/C43H52F2N2O5/c1-28-9-7-20-42(3)37(35-17-14-30(23-33(48)16-13-28)24-36(35)40(49)32-15-18-38(44)39(45)25-32)19-21-43(42,51)27-47(26-34-12-8-22-52-34)41(50)46-29(2)31-10-5-4-6-11-31/h4-6,9-11,14-15,17-18,24-25,29,33-34,37,48,51H,7-8,12-13,16,19-23,26-27H2,1-3H3,(H,46,50)/t29-,33+,34-,37+,42+,43-/m1/s1. The molecule has 3 N–H and O–H groups in total. The van der Waals surface area contributed by atoms with Crippen molar-refractivity contribution in [3.63, 3.8) is 0 Å². The summed E-state index contributed by atoms with van der Waals surface area (Å²) < 4.78 is 34.3. The fraction of sp³-hybridized carbons (Fsp3) is 0.488. The topological polar surface area (TPSA) is 99.1 Å². The van der Waals surface area contributed by atoms with Gasteiger partial charge in [-0.1, -0.05) is 61.0 Å². The fourth-order valence-electron chi connectivity index (χ4n) is 8.66. The lowest BCUT2D eigenvalue weighted by Gasteiger charge is -2.46. The van der Waals surface area contributed by atoms with Crippen LogP contribution in [0.4, 0.5) is 13.6 Å². The second-order valence-corrected chi connectivity index (χ2v) is 15.5. The highest BCUT2D eigenvalue weighted by Crippen LogP contribution is 2.59. The van der Waals surface area contributed by atoms with Gasteiger partial charge in [0, 0.05) is 29.7 Å². The molecule has 1 saturated heterocycles. The molecule has 1 heterocycles. The average Bonchev–Trinajstić information content (AvgIpc) is 3.73. The van der Waals surface area contributed by atoms with Crippen LogP contribution in [0.5, 0.6) is 0 Å². The number of aliphatic hydroxyl groups excluding tert-OH is 1. The molecule has 3 aliphatic carbocycles. The van der Waals surface area contributed by atoms with E-state index in [2.05, 4.69) is 25.2 Å². The molecule has 52 heavy (non-hydrogen) atoms. The first kappa shape index (κ1) is 37.8. The third-order valence-electron chi connectivity index (χ3n) is 11.9. The molecule has 2 amide bonds. The Labute approximate surface area is 306 Å². The number of hydrogen-bond acceptors (Lipinski definition) is 5. The molecule has 0 aromatic heterocycles. The van der Waals surface area contributed by atoms with Gasteiger partial charge in [0.15, 0.2) is 17.4 Å². The monoisotopic (exact) mass is 714 g/mol. The lowest BCUT2D eigenvalue weighted by Crippen LogP contribution is -2.56. The lowest BCUT2D eigenvalue weighted by atomic mass is 9.64. The number of ether oxygens (including phenoxy) is 1. The Morgan fingerprint density at radius 1 is 1.02 bits per heavy atom. The molecule has 0 unspecified atom stereocenters. The first-order chi connectivity index (χ1) is 24.9. The summed E-state index contributed by atoms with van der Waals surface area (Å²) in [6.07, 6.45) is 6.93. The zero-order valence-corrected chi connectivity index (χ0v) is 30.5. The Morgan fingerprint density at radius 2 is 1.81 bits per heavy atom. The van der Waals surface area contributed by atoms with Crippen LogP contribution in [0.25, 0.3) is 0 Å². The van der Waals surface area contributed by atoms with E-state index in [1.165, 1.54) is 6.07 Å². The molecule has 0 spiro atoms. The third-order valence-corrected chi connectivity index (χ3v) is 11.9. The van der Waals surface area contributed by atoms with Gasteiger partial charge in [-0.15, -0.1) is 0 Å². The Hall–Kier alpha value is -3.92. The van der Waals surface area contributed by atoms with Gasteiger partial charge in [0.2, 0.25) is 0 Å². The summed E-state index contributed by atoms with van der Waals surface area (Å²) in [7, 11) is 0. The molecule has 0 radical (unpaired) electrons. The summed E-state index contributed by atoms with van der Waals surface area (Å²) in [5, 5.41) is 27.0. The van der Waals surface area contributed by atoms with E-state index in [9.17, 15) is 28.6 Å². The van der Waals surface area contributed by atoms with Gasteiger partial charge in [0.25, 0.3) is 0 Å². The van der Waals surface area contributed by atoms with E-state index in [4.69, 9.17) is 4.74 Å². The van der Waals surface area contributed by atoms with Crippen molar-refractivity contribution < 1.29 is 33.3 Å². The Morgan fingerprint density at radius 3 is 2.54 bits per heavy atom. The van der Waals surface area contributed by atoms with Crippen molar-refractivity contribution in [2.45, 2.75) is 108 Å². The minimum Gasteiger partial charge on any atom is -0.393 e. The average molecular weight is 715 g/mol. The van der Waals surface area contributed by atoms with Crippen LogP contribution in [-0.2, 0) is 11.2 Å². The normalized spacial score (nSPS) is 27.0. The van der Waals surface area contributed by atoms with Crippen LogP contribution in [0.1, 0.15) is 117 Å². The van der Waals surface area contributed by atoms with Gasteiger partial charge < -0.3 is 25.2 Å². The summed E-state index contributed by atoms with van der Waals surface area (Å²) in [5.41, 5.74) is 1.87. The van der Waals surface area contributed by atoms with Crippen LogP contribution >= 0.6 is 0 Å². The summed E-state index contributed by atoms with van der Waals surface area (Å²) in [5.74, 6) is -2.88. The molecule has 6 atom stereocenters. The van der Waals surface area contributed by atoms with Crippen LogP contribution in [0.15, 0.2) is 78.4 Å². The summed E-state index contributed by atoms with van der Waals surface area (Å²) in [6, 6.07) is 18.0. The maximum Gasteiger partial charge on any atom is 0.318 e. The number of benzene rings is 3. The number of nitrogens with zero attached hydrogens (tertiary/aromatic N) is 1. The van der Waals surface area contributed by atoms with Crippen molar-refractivity contribution in [1.29, 1.82) is 0 Å².